The highest BCUT2D eigenvalue weighted by atomic mass is 16.1. The molecule has 0 bridgehead atoms. The molecule has 0 saturated carbocycles. The van der Waals surface area contributed by atoms with E-state index >= 15 is 0 Å². The van der Waals surface area contributed by atoms with Crippen LogP contribution in [0, 0.1) is 5.92 Å². The molecule has 1 heteroatoms. The summed E-state index contributed by atoms with van der Waals surface area (Å²) in [5.41, 5.74) is 0. The van der Waals surface area contributed by atoms with E-state index in [1.54, 1.807) is 0 Å². The smallest absolute Gasteiger partial charge is 0.132 e. The average molecular weight is 493 g/mol. The molecule has 0 N–H and O–H groups in total. The van der Waals surface area contributed by atoms with Crippen molar-refractivity contribution < 1.29 is 4.79 Å². The lowest BCUT2D eigenvalue weighted by atomic mass is 9.99. The predicted octanol–water partition coefficient (Wildman–Crippen LogP) is 12.5. The van der Waals surface area contributed by atoms with E-state index in [-0.39, 0.29) is 0 Å². The summed E-state index contributed by atoms with van der Waals surface area (Å²) < 4.78 is 0. The molecule has 0 aromatic heterocycles. The quantitative estimate of drug-likeness (QED) is 0.0911. The molecule has 1 unspecified atom stereocenters. The maximum Gasteiger partial charge on any atom is 0.132 e. The third-order valence-electron chi connectivity index (χ3n) is 8.16. The maximum atomic E-state index is 12.1. The van der Waals surface area contributed by atoms with Crippen molar-refractivity contribution in [2.45, 2.75) is 207 Å². The molecule has 0 spiro atoms. The van der Waals surface area contributed by atoms with Gasteiger partial charge in [0.05, 0.1) is 0 Å². The Hall–Kier alpha value is -0.330. The predicted molar refractivity (Wildman–Crippen MR) is 159 cm³/mol. The van der Waals surface area contributed by atoms with Crippen molar-refractivity contribution in [3.63, 3.8) is 0 Å². The molecule has 0 aliphatic rings. The first-order valence-corrected chi connectivity index (χ1v) is 16.7. The Balaban J connectivity index is 3.16. The van der Waals surface area contributed by atoms with E-state index in [9.17, 15) is 4.79 Å². The topological polar surface area (TPSA) is 17.1 Å². The van der Waals surface area contributed by atoms with E-state index in [2.05, 4.69) is 20.8 Å². The lowest BCUT2D eigenvalue weighted by Crippen LogP contribution is -1.97. The first-order valence-electron chi connectivity index (χ1n) is 16.7. The fourth-order valence-electron chi connectivity index (χ4n) is 5.25. The molecule has 0 aliphatic heterocycles. The van der Waals surface area contributed by atoms with E-state index in [0.29, 0.717) is 5.78 Å². The van der Waals surface area contributed by atoms with Crippen LogP contribution < -0.4 is 0 Å². The van der Waals surface area contributed by atoms with Gasteiger partial charge < -0.3 is 0 Å². The SMILES string of the molecule is CCCCCCCCCCCCCCC(=O)CCCCCCCCCCCCCCCC(C)CC. The molecule has 0 aliphatic carbocycles. The van der Waals surface area contributed by atoms with Gasteiger partial charge in [-0.1, -0.05) is 181 Å². The Labute approximate surface area is 223 Å². The average Bonchev–Trinajstić information content (AvgIpc) is 2.86. The summed E-state index contributed by atoms with van der Waals surface area (Å²) in [4.78, 5) is 12.1. The van der Waals surface area contributed by atoms with Gasteiger partial charge in [-0.15, -0.1) is 0 Å². The van der Waals surface area contributed by atoms with Gasteiger partial charge in [0.15, 0.2) is 0 Å². The molecule has 1 nitrogen and oxygen atoms in total. The number of Topliss-reactive ketones (excluding diaryl/α,β-unsaturated/α-hetero) is 1. The number of rotatable bonds is 30. The third kappa shape index (κ3) is 29.8. The van der Waals surface area contributed by atoms with E-state index in [4.69, 9.17) is 0 Å². The van der Waals surface area contributed by atoms with E-state index in [0.717, 1.165) is 31.6 Å². The second-order valence-electron chi connectivity index (χ2n) is 11.8. The Bertz CT molecular complexity index is 401. The molecule has 0 amide bonds. The largest absolute Gasteiger partial charge is 0.300 e. The Morgan fingerprint density at radius 3 is 1.03 bits per heavy atom. The zero-order valence-corrected chi connectivity index (χ0v) is 25.0. The number of carbonyl (C=O) groups is 1. The molecule has 0 aromatic carbocycles. The van der Waals surface area contributed by atoms with Crippen LogP contribution in [0.5, 0.6) is 0 Å². The monoisotopic (exact) mass is 493 g/mol. The molecular weight excluding hydrogens is 424 g/mol. The van der Waals surface area contributed by atoms with Crippen LogP contribution in [0.15, 0.2) is 0 Å². The Kier molecular flexibility index (Phi) is 29.6. The van der Waals surface area contributed by atoms with Gasteiger partial charge in [-0.2, -0.15) is 0 Å². The van der Waals surface area contributed by atoms with Crippen LogP contribution in [-0.4, -0.2) is 5.78 Å². The minimum atomic E-state index is 0.525. The van der Waals surface area contributed by atoms with Crippen molar-refractivity contribution in [1.29, 1.82) is 0 Å². The van der Waals surface area contributed by atoms with Crippen molar-refractivity contribution in [2.75, 3.05) is 0 Å². The van der Waals surface area contributed by atoms with Gasteiger partial charge in [-0.25, -0.2) is 0 Å². The maximum absolute atomic E-state index is 12.1. The summed E-state index contributed by atoms with van der Waals surface area (Å²) in [6.07, 6.45) is 39.0. The molecule has 0 saturated heterocycles. The summed E-state index contributed by atoms with van der Waals surface area (Å²) in [7, 11) is 0. The number of hydrogen-bond acceptors (Lipinski definition) is 1. The van der Waals surface area contributed by atoms with Crippen LogP contribution in [0.2, 0.25) is 0 Å². The number of hydrogen-bond donors (Lipinski definition) is 0. The standard InChI is InChI=1S/C34H68O/c1-4-6-7-8-9-10-11-16-19-22-25-28-31-34(35)32-29-26-23-20-17-14-12-13-15-18-21-24-27-30-33(3)5-2/h33H,4-32H2,1-3H3. The highest BCUT2D eigenvalue weighted by Crippen LogP contribution is 2.17. The first kappa shape index (κ1) is 34.7. The lowest BCUT2D eigenvalue weighted by molar-refractivity contribution is -0.119. The normalized spacial score (nSPS) is 12.3. The molecular formula is C34H68O. The molecule has 1 atom stereocenters. The third-order valence-corrected chi connectivity index (χ3v) is 8.16. The van der Waals surface area contributed by atoms with Crippen molar-refractivity contribution in [3.8, 4) is 0 Å². The zero-order chi connectivity index (χ0) is 25.7. The zero-order valence-electron chi connectivity index (χ0n) is 25.0. The highest BCUT2D eigenvalue weighted by Gasteiger charge is 2.02. The van der Waals surface area contributed by atoms with Crippen LogP contribution in [0.4, 0.5) is 0 Å². The summed E-state index contributed by atoms with van der Waals surface area (Å²) in [5.74, 6) is 1.46. The Morgan fingerprint density at radius 2 is 0.714 bits per heavy atom. The van der Waals surface area contributed by atoms with E-state index in [1.165, 1.54) is 161 Å². The molecule has 0 rings (SSSR count). The molecule has 35 heavy (non-hydrogen) atoms. The van der Waals surface area contributed by atoms with Crippen LogP contribution in [-0.2, 0) is 4.79 Å². The van der Waals surface area contributed by atoms with Crippen molar-refractivity contribution in [3.05, 3.63) is 0 Å². The van der Waals surface area contributed by atoms with Gasteiger partial charge in [0, 0.05) is 12.8 Å². The van der Waals surface area contributed by atoms with Crippen LogP contribution in [0.3, 0.4) is 0 Å². The minimum absolute atomic E-state index is 0.525. The van der Waals surface area contributed by atoms with Gasteiger partial charge in [-0.05, 0) is 18.8 Å². The van der Waals surface area contributed by atoms with Gasteiger partial charge in [0.1, 0.15) is 5.78 Å². The number of carbonyl (C=O) groups excluding carboxylic acids is 1. The van der Waals surface area contributed by atoms with Crippen LogP contribution in [0.1, 0.15) is 207 Å². The number of ketones is 1. The van der Waals surface area contributed by atoms with Crippen LogP contribution in [0.25, 0.3) is 0 Å². The molecule has 210 valence electrons. The second-order valence-corrected chi connectivity index (χ2v) is 11.8. The summed E-state index contributed by atoms with van der Waals surface area (Å²) >= 11 is 0. The van der Waals surface area contributed by atoms with Crippen molar-refractivity contribution >= 4 is 5.78 Å². The van der Waals surface area contributed by atoms with Crippen molar-refractivity contribution in [1.82, 2.24) is 0 Å². The van der Waals surface area contributed by atoms with Gasteiger partial charge in [0.2, 0.25) is 0 Å². The van der Waals surface area contributed by atoms with Crippen molar-refractivity contribution in [2.24, 2.45) is 5.92 Å². The minimum Gasteiger partial charge on any atom is -0.300 e. The highest BCUT2D eigenvalue weighted by molar-refractivity contribution is 5.78. The second kappa shape index (κ2) is 29.9. The van der Waals surface area contributed by atoms with Gasteiger partial charge >= 0.3 is 0 Å². The van der Waals surface area contributed by atoms with Crippen LogP contribution >= 0.6 is 0 Å². The summed E-state index contributed by atoms with van der Waals surface area (Å²) in [6.45, 7) is 6.99. The first-order chi connectivity index (χ1) is 17.2. The summed E-state index contributed by atoms with van der Waals surface area (Å²) in [5, 5.41) is 0. The molecule has 0 radical (unpaired) electrons. The lowest BCUT2D eigenvalue weighted by Gasteiger charge is -2.07. The summed E-state index contributed by atoms with van der Waals surface area (Å²) in [6, 6.07) is 0. The van der Waals surface area contributed by atoms with E-state index in [1.807, 2.05) is 0 Å². The van der Waals surface area contributed by atoms with Gasteiger partial charge in [0.25, 0.3) is 0 Å². The fourth-order valence-corrected chi connectivity index (χ4v) is 5.25. The Morgan fingerprint density at radius 1 is 0.429 bits per heavy atom. The molecule has 0 heterocycles. The molecule has 0 aromatic rings. The molecule has 0 fully saturated rings. The van der Waals surface area contributed by atoms with Gasteiger partial charge in [-0.3, -0.25) is 4.79 Å². The number of unbranched alkanes of at least 4 members (excludes halogenated alkanes) is 23. The van der Waals surface area contributed by atoms with E-state index < -0.39 is 0 Å². The fraction of sp³-hybridized carbons (Fsp3) is 0.971.